The summed E-state index contributed by atoms with van der Waals surface area (Å²) in [6.45, 7) is 16.4. The van der Waals surface area contributed by atoms with Crippen LogP contribution in [0.3, 0.4) is 0 Å². The lowest BCUT2D eigenvalue weighted by atomic mass is 9.85. The first-order valence-electron chi connectivity index (χ1n) is 16.9. The van der Waals surface area contributed by atoms with Crippen LogP contribution in [0.5, 0.6) is 0 Å². The summed E-state index contributed by atoms with van der Waals surface area (Å²) < 4.78 is 5.45. The van der Waals surface area contributed by atoms with Crippen LogP contribution in [-0.2, 0) is 16.0 Å². The van der Waals surface area contributed by atoms with Crippen LogP contribution < -0.4 is 5.32 Å². The van der Waals surface area contributed by atoms with Gasteiger partial charge in [-0.15, -0.1) is 0 Å². The summed E-state index contributed by atoms with van der Waals surface area (Å²) in [6.07, 6.45) is 2.21. The van der Waals surface area contributed by atoms with E-state index in [9.17, 15) is 20.1 Å². The van der Waals surface area contributed by atoms with E-state index in [1.165, 1.54) is 11.1 Å². The molecule has 0 radical (unpaired) electrons. The first-order chi connectivity index (χ1) is 22.9. The van der Waals surface area contributed by atoms with Crippen LogP contribution in [0.4, 0.5) is 0 Å². The maximum absolute atomic E-state index is 13.2. The summed E-state index contributed by atoms with van der Waals surface area (Å²) in [5.41, 5.74) is 14.3. The molecule has 48 heavy (non-hydrogen) atoms. The molecule has 254 valence electrons. The third-order valence-electron chi connectivity index (χ3n) is 10.5. The molecule has 3 aliphatic rings. The van der Waals surface area contributed by atoms with Crippen molar-refractivity contribution in [2.45, 2.75) is 97.0 Å². The number of aliphatic hydroxyl groups is 3. The molecule has 6 rings (SSSR count). The van der Waals surface area contributed by atoms with Gasteiger partial charge in [-0.2, -0.15) is 0 Å². The molecule has 3 aromatic heterocycles. The fourth-order valence-corrected chi connectivity index (χ4v) is 7.42. The number of fused-ring (bicyclic) bond motifs is 8. The van der Waals surface area contributed by atoms with Crippen LogP contribution in [0.1, 0.15) is 96.0 Å². The molecule has 0 aromatic carbocycles. The lowest BCUT2D eigenvalue weighted by Gasteiger charge is -2.37. The van der Waals surface area contributed by atoms with Gasteiger partial charge < -0.3 is 35.3 Å². The smallest absolute Gasteiger partial charge is 0.220 e. The second kappa shape index (κ2) is 13.4. The summed E-state index contributed by atoms with van der Waals surface area (Å²) in [6, 6.07) is 5.64. The second-order valence-electron chi connectivity index (χ2n) is 13.4. The lowest BCUT2D eigenvalue weighted by molar-refractivity contribution is -0.164. The molecule has 1 fully saturated rings. The summed E-state index contributed by atoms with van der Waals surface area (Å²) in [4.78, 5) is 30.8. The molecule has 10 nitrogen and oxygen atoms in total. The quantitative estimate of drug-likeness (QED) is 0.203. The average Bonchev–Trinajstić information content (AvgIpc) is 3.76. The highest BCUT2D eigenvalue weighted by atomic mass is 16.5. The molecule has 3 aliphatic heterocycles. The summed E-state index contributed by atoms with van der Waals surface area (Å²) in [7, 11) is 0. The highest BCUT2D eigenvalue weighted by Gasteiger charge is 2.39. The maximum Gasteiger partial charge on any atom is 0.220 e. The van der Waals surface area contributed by atoms with E-state index in [1.54, 1.807) is 0 Å². The van der Waals surface area contributed by atoms with E-state index >= 15 is 0 Å². The van der Waals surface area contributed by atoms with Crippen molar-refractivity contribution in [3.63, 3.8) is 0 Å². The van der Waals surface area contributed by atoms with E-state index in [2.05, 4.69) is 87.7 Å². The number of aryl methyl sites for hydroxylation is 3. The number of aromatic amines is 2. The van der Waals surface area contributed by atoms with Crippen molar-refractivity contribution in [1.82, 2.24) is 25.3 Å². The highest BCUT2D eigenvalue weighted by molar-refractivity contribution is 5.86. The molecule has 6 heterocycles. The zero-order valence-electron chi connectivity index (χ0n) is 28.6. The number of rotatable bonds is 7. The molecule has 1 amide bonds. The van der Waals surface area contributed by atoms with E-state index in [0.717, 1.165) is 73.5 Å². The van der Waals surface area contributed by atoms with Crippen molar-refractivity contribution < 1.29 is 24.9 Å². The molecule has 0 saturated carbocycles. The number of allylic oxidation sites excluding steroid dienone is 1. The van der Waals surface area contributed by atoms with E-state index in [1.807, 2.05) is 6.08 Å². The molecule has 0 unspecified atom stereocenters. The zero-order chi connectivity index (χ0) is 34.4. The Bertz CT molecular complexity index is 1960. The molecule has 3 aromatic rings. The number of hydrogen-bond acceptors (Lipinski definition) is 7. The predicted molar refractivity (Wildman–Crippen MR) is 189 cm³/mol. The van der Waals surface area contributed by atoms with E-state index in [4.69, 9.17) is 14.7 Å². The van der Waals surface area contributed by atoms with Gasteiger partial charge in [-0.3, -0.25) is 9.78 Å². The minimum absolute atomic E-state index is 0.00744. The lowest BCUT2D eigenvalue weighted by Crippen LogP contribution is -2.59. The Morgan fingerprint density at radius 1 is 1.02 bits per heavy atom. The molecular weight excluding hydrogens is 606 g/mol. The number of nitrogens with zero attached hydrogens (tertiary/aromatic N) is 2. The standard InChI is InChI=1S/C38H47N5O5/c1-8-23-20(5)29-15-32-24(9-2)19(4)28(40-32)14-30-21(6)25(10-11-35(45)42-33-17-48-34(16-44)38(47)37(33)46)36(43-30)22(7)27-12-18(3)26(39-27)13-31(23)41-29/h9,12-15,21,25,33-34,37-38,40-41,44,46-47H,2,8,10-11,16-17H2,1,3-7H3,(H,42,45)/t21-,25-,33-,34+,37+,38+/m0/s1. The predicted octanol–water partition coefficient (Wildman–Crippen LogP) is 5.27. The number of hydrogen-bond donors (Lipinski definition) is 6. The molecule has 6 atom stereocenters. The third kappa shape index (κ3) is 6.02. The molecular formula is C38H47N5O5. The zero-order valence-corrected chi connectivity index (χ0v) is 28.6. The van der Waals surface area contributed by atoms with Crippen LogP contribution >= 0.6 is 0 Å². The van der Waals surface area contributed by atoms with Crippen molar-refractivity contribution in [1.29, 1.82) is 0 Å². The van der Waals surface area contributed by atoms with Crippen LogP contribution in [0.25, 0.3) is 39.8 Å². The first kappa shape index (κ1) is 33.8. The largest absolute Gasteiger partial charge is 0.394 e. The topological polar surface area (TPSA) is 156 Å². The van der Waals surface area contributed by atoms with Gasteiger partial charge in [0, 0.05) is 57.3 Å². The van der Waals surface area contributed by atoms with Crippen LogP contribution in [0.15, 0.2) is 24.8 Å². The fourth-order valence-electron chi connectivity index (χ4n) is 7.42. The number of aromatic nitrogens is 4. The van der Waals surface area contributed by atoms with E-state index < -0.39 is 31.0 Å². The normalized spacial score (nSPS) is 24.0. The van der Waals surface area contributed by atoms with E-state index in [0.29, 0.717) is 6.42 Å². The van der Waals surface area contributed by atoms with Crippen LogP contribution in [-0.4, -0.2) is 78.7 Å². The third-order valence-corrected chi connectivity index (χ3v) is 10.5. The van der Waals surface area contributed by atoms with Gasteiger partial charge in [-0.25, -0.2) is 4.98 Å². The summed E-state index contributed by atoms with van der Waals surface area (Å²) >= 11 is 0. The Hall–Kier alpha value is -4.09. The minimum Gasteiger partial charge on any atom is -0.394 e. The molecule has 8 bridgehead atoms. The van der Waals surface area contributed by atoms with Crippen molar-refractivity contribution >= 4 is 45.7 Å². The first-order valence-corrected chi connectivity index (χ1v) is 16.9. The van der Waals surface area contributed by atoms with Crippen LogP contribution in [0.2, 0.25) is 0 Å². The number of carbonyl (C=O) groups excluding carboxylic acids is 1. The van der Waals surface area contributed by atoms with Crippen molar-refractivity contribution in [3.8, 4) is 0 Å². The van der Waals surface area contributed by atoms with Crippen molar-refractivity contribution in [2.24, 2.45) is 0 Å². The van der Waals surface area contributed by atoms with Gasteiger partial charge in [0.15, 0.2) is 0 Å². The number of ether oxygens (including phenoxy) is 1. The number of aliphatic hydroxyl groups excluding tert-OH is 3. The van der Waals surface area contributed by atoms with Gasteiger partial charge in [-0.1, -0.05) is 26.5 Å². The Balaban J connectivity index is 1.44. The van der Waals surface area contributed by atoms with Crippen LogP contribution in [0, 0.1) is 20.8 Å². The highest BCUT2D eigenvalue weighted by Crippen LogP contribution is 2.42. The van der Waals surface area contributed by atoms with Gasteiger partial charge in [0.05, 0.1) is 30.6 Å². The maximum atomic E-state index is 13.2. The van der Waals surface area contributed by atoms with Gasteiger partial charge in [-0.05, 0) is 92.6 Å². The monoisotopic (exact) mass is 653 g/mol. The number of nitrogens with one attached hydrogen (secondary N) is 3. The summed E-state index contributed by atoms with van der Waals surface area (Å²) in [5.74, 6) is -0.294. The van der Waals surface area contributed by atoms with E-state index in [-0.39, 0.29) is 30.8 Å². The molecule has 10 heteroatoms. The molecule has 0 aliphatic carbocycles. The minimum atomic E-state index is -1.28. The molecule has 6 N–H and O–H groups in total. The number of H-pyrrole nitrogens is 2. The number of carbonyl (C=O) groups is 1. The second-order valence-corrected chi connectivity index (χ2v) is 13.4. The molecule has 1 saturated heterocycles. The Morgan fingerprint density at radius 3 is 2.46 bits per heavy atom. The Morgan fingerprint density at radius 2 is 1.75 bits per heavy atom. The summed E-state index contributed by atoms with van der Waals surface area (Å²) in [5, 5.41) is 33.0. The SMILES string of the molecule is C=Cc1c(C)c2cc3nc(c(C)c4nc(cc5[nH]c(cc1[nH]2)c(C)c5CC)C(C)=C4)[C@@H](CCC(=O)N[C@H]1CO[C@H](CO)[C@@H](O)[C@@H]1O)[C@@H]3C. The molecule has 0 spiro atoms. The van der Waals surface area contributed by atoms with Gasteiger partial charge in [0.2, 0.25) is 5.91 Å². The average molecular weight is 654 g/mol. The van der Waals surface area contributed by atoms with Crippen molar-refractivity contribution in [2.75, 3.05) is 13.2 Å². The van der Waals surface area contributed by atoms with Gasteiger partial charge in [0.1, 0.15) is 18.3 Å². The van der Waals surface area contributed by atoms with Gasteiger partial charge >= 0.3 is 0 Å². The fraction of sp³-hybridized carbons (Fsp3) is 0.447. The number of amides is 1. The Kier molecular flexibility index (Phi) is 9.46. The van der Waals surface area contributed by atoms with Crippen molar-refractivity contribution in [3.05, 3.63) is 75.4 Å². The Labute approximate surface area is 281 Å². The van der Waals surface area contributed by atoms with Gasteiger partial charge in [0.25, 0.3) is 0 Å².